The molecule has 1 aliphatic rings. The van der Waals surface area contributed by atoms with Crippen molar-refractivity contribution in [3.63, 3.8) is 0 Å². The molecule has 2 aromatic rings. The zero-order chi connectivity index (χ0) is 18.0. The summed E-state index contributed by atoms with van der Waals surface area (Å²) in [5, 5.41) is 0. The highest BCUT2D eigenvalue weighted by atomic mass is 79.9. The highest BCUT2D eigenvalue weighted by molar-refractivity contribution is 9.10. The van der Waals surface area contributed by atoms with Crippen molar-refractivity contribution in [1.82, 2.24) is 4.31 Å². The predicted octanol–water partition coefficient (Wildman–Crippen LogP) is 3.99. The predicted molar refractivity (Wildman–Crippen MR) is 99.6 cm³/mol. The summed E-state index contributed by atoms with van der Waals surface area (Å²) in [6.45, 7) is 0.511. The molecular weight excluding hydrogens is 406 g/mol. The van der Waals surface area contributed by atoms with Crippen LogP contribution in [-0.2, 0) is 10.0 Å². The van der Waals surface area contributed by atoms with E-state index < -0.39 is 10.0 Å². The monoisotopic (exact) mass is 425 g/mol. The molecule has 1 aliphatic heterocycles. The number of halogens is 1. The number of hydrogen-bond donors (Lipinski definition) is 0. The van der Waals surface area contributed by atoms with Crippen molar-refractivity contribution >= 4 is 26.0 Å². The Labute approximate surface area is 156 Å². The third-order valence-corrected chi connectivity index (χ3v) is 6.87. The van der Waals surface area contributed by atoms with E-state index in [1.165, 1.54) is 0 Å². The fourth-order valence-electron chi connectivity index (χ4n) is 3.16. The summed E-state index contributed by atoms with van der Waals surface area (Å²) in [4.78, 5) is 0.308. The van der Waals surface area contributed by atoms with Gasteiger partial charge in [0.15, 0.2) is 11.5 Å². The van der Waals surface area contributed by atoms with Crippen LogP contribution in [0.15, 0.2) is 51.8 Å². The lowest BCUT2D eigenvalue weighted by Gasteiger charge is -2.25. The number of benzene rings is 2. The number of ether oxygens (including phenoxy) is 2. The molecule has 5 nitrogen and oxygen atoms in total. The molecule has 0 spiro atoms. The van der Waals surface area contributed by atoms with E-state index in [0.29, 0.717) is 22.9 Å². The minimum Gasteiger partial charge on any atom is -0.493 e. The van der Waals surface area contributed by atoms with Crippen molar-refractivity contribution in [2.24, 2.45) is 0 Å². The Morgan fingerprint density at radius 1 is 1.04 bits per heavy atom. The lowest BCUT2D eigenvalue weighted by Crippen LogP contribution is -2.30. The Morgan fingerprint density at radius 3 is 2.36 bits per heavy atom. The summed E-state index contributed by atoms with van der Waals surface area (Å²) in [5.74, 6) is 1.24. The maximum Gasteiger partial charge on any atom is 0.243 e. The third kappa shape index (κ3) is 3.54. The van der Waals surface area contributed by atoms with E-state index in [1.54, 1.807) is 42.8 Å². The maximum atomic E-state index is 13.1. The highest BCUT2D eigenvalue weighted by Gasteiger charge is 2.36. The van der Waals surface area contributed by atoms with Crippen LogP contribution in [-0.4, -0.2) is 33.5 Å². The minimum atomic E-state index is -3.55. The first kappa shape index (κ1) is 18.2. The smallest absolute Gasteiger partial charge is 0.243 e. The molecule has 3 rings (SSSR count). The van der Waals surface area contributed by atoms with Gasteiger partial charge in [0.25, 0.3) is 0 Å². The van der Waals surface area contributed by atoms with E-state index in [2.05, 4.69) is 15.9 Å². The van der Waals surface area contributed by atoms with Crippen molar-refractivity contribution < 1.29 is 17.9 Å². The van der Waals surface area contributed by atoms with Gasteiger partial charge < -0.3 is 9.47 Å². The summed E-state index contributed by atoms with van der Waals surface area (Å²) in [6, 6.07) is 12.1. The molecule has 0 radical (unpaired) electrons. The van der Waals surface area contributed by atoms with E-state index in [0.717, 1.165) is 22.9 Å². The summed E-state index contributed by atoms with van der Waals surface area (Å²) in [7, 11) is -0.391. The molecule has 1 fully saturated rings. The van der Waals surface area contributed by atoms with E-state index in [1.807, 2.05) is 18.2 Å². The molecule has 0 aromatic heterocycles. The second-order valence-corrected chi connectivity index (χ2v) is 8.65. The van der Waals surface area contributed by atoms with Crippen LogP contribution in [0.25, 0.3) is 0 Å². The van der Waals surface area contributed by atoms with Crippen LogP contribution in [0.4, 0.5) is 0 Å². The molecular formula is C18H20BrNO4S. The van der Waals surface area contributed by atoms with Crippen LogP contribution in [0.3, 0.4) is 0 Å². The molecule has 0 N–H and O–H groups in total. The second kappa shape index (κ2) is 7.35. The zero-order valence-electron chi connectivity index (χ0n) is 14.1. The Hall–Kier alpha value is -1.57. The van der Waals surface area contributed by atoms with Crippen molar-refractivity contribution in [3.05, 3.63) is 52.5 Å². The average molecular weight is 426 g/mol. The lowest BCUT2D eigenvalue weighted by atomic mass is 10.0. The van der Waals surface area contributed by atoms with Crippen molar-refractivity contribution in [3.8, 4) is 11.5 Å². The van der Waals surface area contributed by atoms with Gasteiger partial charge in [-0.2, -0.15) is 4.31 Å². The van der Waals surface area contributed by atoms with Crippen LogP contribution >= 0.6 is 15.9 Å². The number of rotatable bonds is 5. The molecule has 1 heterocycles. The molecule has 0 saturated carbocycles. The van der Waals surface area contributed by atoms with E-state index in [4.69, 9.17) is 9.47 Å². The van der Waals surface area contributed by atoms with Crippen LogP contribution in [0.5, 0.6) is 11.5 Å². The maximum absolute atomic E-state index is 13.1. The minimum absolute atomic E-state index is 0.201. The van der Waals surface area contributed by atoms with Gasteiger partial charge in [-0.25, -0.2) is 8.42 Å². The Kier molecular flexibility index (Phi) is 5.36. The van der Waals surface area contributed by atoms with Crippen molar-refractivity contribution in [2.75, 3.05) is 20.8 Å². The van der Waals surface area contributed by atoms with Gasteiger partial charge in [0.2, 0.25) is 10.0 Å². The third-order valence-electron chi connectivity index (χ3n) is 4.42. The second-order valence-electron chi connectivity index (χ2n) is 5.84. The Balaban J connectivity index is 1.96. The van der Waals surface area contributed by atoms with Gasteiger partial charge in [-0.1, -0.05) is 22.0 Å². The first-order chi connectivity index (χ1) is 12.0. The Morgan fingerprint density at radius 2 is 1.72 bits per heavy atom. The lowest BCUT2D eigenvalue weighted by molar-refractivity contribution is 0.351. The molecule has 0 amide bonds. The Bertz CT molecular complexity index is 852. The SMILES string of the molecule is COc1ccc(C2CCCN2S(=O)(=O)c2ccc(Br)cc2)cc1OC. The standard InChI is InChI=1S/C18H20BrNO4S/c1-23-17-10-5-13(12-18(17)24-2)16-4-3-11-20(16)25(21,22)15-8-6-14(19)7-9-15/h5-10,12,16H,3-4,11H2,1-2H3. The first-order valence-electron chi connectivity index (χ1n) is 7.96. The van der Waals surface area contributed by atoms with Gasteiger partial charge in [0, 0.05) is 11.0 Å². The molecule has 134 valence electrons. The van der Waals surface area contributed by atoms with Crippen molar-refractivity contribution in [2.45, 2.75) is 23.8 Å². The number of hydrogen-bond acceptors (Lipinski definition) is 4. The summed E-state index contributed by atoms with van der Waals surface area (Å²) in [5.41, 5.74) is 0.913. The molecule has 7 heteroatoms. The highest BCUT2D eigenvalue weighted by Crippen LogP contribution is 2.39. The summed E-state index contributed by atoms with van der Waals surface area (Å²) < 4.78 is 39.2. The average Bonchev–Trinajstić information content (AvgIpc) is 3.12. The van der Waals surface area contributed by atoms with Gasteiger partial charge in [0.05, 0.1) is 25.2 Å². The van der Waals surface area contributed by atoms with Gasteiger partial charge in [-0.3, -0.25) is 0 Å². The molecule has 25 heavy (non-hydrogen) atoms. The van der Waals surface area contributed by atoms with Gasteiger partial charge in [0.1, 0.15) is 0 Å². The number of methoxy groups -OCH3 is 2. The molecule has 2 aromatic carbocycles. The zero-order valence-corrected chi connectivity index (χ0v) is 16.5. The quantitative estimate of drug-likeness (QED) is 0.726. The van der Waals surface area contributed by atoms with Crippen LogP contribution in [0.1, 0.15) is 24.4 Å². The molecule has 1 atom stereocenters. The van der Waals surface area contributed by atoms with Crippen LogP contribution < -0.4 is 9.47 Å². The van der Waals surface area contributed by atoms with Gasteiger partial charge in [-0.05, 0) is 54.8 Å². The first-order valence-corrected chi connectivity index (χ1v) is 10.2. The topological polar surface area (TPSA) is 55.8 Å². The fraction of sp³-hybridized carbons (Fsp3) is 0.333. The molecule has 0 aliphatic carbocycles. The summed E-state index contributed by atoms with van der Waals surface area (Å²) in [6.07, 6.45) is 1.61. The van der Waals surface area contributed by atoms with Crippen LogP contribution in [0.2, 0.25) is 0 Å². The normalized spacial score (nSPS) is 18.3. The van der Waals surface area contributed by atoms with E-state index >= 15 is 0 Å². The summed E-state index contributed by atoms with van der Waals surface area (Å²) >= 11 is 3.34. The van der Waals surface area contributed by atoms with Gasteiger partial charge in [-0.15, -0.1) is 0 Å². The largest absolute Gasteiger partial charge is 0.493 e. The molecule has 1 unspecified atom stereocenters. The van der Waals surface area contributed by atoms with Crippen LogP contribution in [0, 0.1) is 0 Å². The van der Waals surface area contributed by atoms with Gasteiger partial charge >= 0.3 is 0 Å². The van der Waals surface area contributed by atoms with Crippen molar-refractivity contribution in [1.29, 1.82) is 0 Å². The van der Waals surface area contributed by atoms with E-state index in [9.17, 15) is 8.42 Å². The fourth-order valence-corrected chi connectivity index (χ4v) is 5.11. The number of nitrogens with zero attached hydrogens (tertiary/aromatic N) is 1. The number of sulfonamides is 1. The molecule has 0 bridgehead atoms. The van der Waals surface area contributed by atoms with E-state index in [-0.39, 0.29) is 6.04 Å². The molecule has 1 saturated heterocycles.